The van der Waals surface area contributed by atoms with Crippen LogP contribution in [0.15, 0.2) is 30.5 Å². The van der Waals surface area contributed by atoms with Crippen molar-refractivity contribution in [1.82, 2.24) is 9.97 Å². The average Bonchev–Trinajstić information content (AvgIpc) is 2.66. The van der Waals surface area contributed by atoms with Crippen LogP contribution in [0.25, 0.3) is 0 Å². The van der Waals surface area contributed by atoms with Crippen LogP contribution in [0.3, 0.4) is 0 Å². The Morgan fingerprint density at radius 3 is 2.64 bits per heavy atom. The van der Waals surface area contributed by atoms with Crippen LogP contribution in [0.2, 0.25) is 0 Å². The minimum Gasteiger partial charge on any atom is -0.465 e. The number of rotatable bonds is 7. The number of ether oxygens (including phenoxy) is 1. The zero-order chi connectivity index (χ0) is 18.4. The molecule has 0 saturated heterocycles. The zero-order valence-electron chi connectivity index (χ0n) is 14.9. The summed E-state index contributed by atoms with van der Waals surface area (Å²) in [4.78, 5) is 21.0. The van der Waals surface area contributed by atoms with Gasteiger partial charge in [-0.1, -0.05) is 26.0 Å². The van der Waals surface area contributed by atoms with Gasteiger partial charge in [-0.15, -0.1) is 0 Å². The molecule has 1 aromatic heterocycles. The van der Waals surface area contributed by atoms with Crippen molar-refractivity contribution in [3.05, 3.63) is 41.6 Å². The third-order valence-corrected chi connectivity index (χ3v) is 4.68. The third kappa shape index (κ3) is 4.48. The third-order valence-electron chi connectivity index (χ3n) is 3.98. The fourth-order valence-electron chi connectivity index (χ4n) is 2.39. The first-order valence-corrected chi connectivity index (χ1v) is 8.96. The predicted molar refractivity (Wildman–Crippen MR) is 104 cm³/mol. The van der Waals surface area contributed by atoms with Gasteiger partial charge in [-0.3, -0.25) is 0 Å². The molecule has 134 valence electrons. The maximum Gasteiger partial charge on any atom is 0.340 e. The number of nitrogens with one attached hydrogen (secondary N) is 1. The van der Waals surface area contributed by atoms with Gasteiger partial charge in [-0.05, 0) is 31.9 Å². The van der Waals surface area contributed by atoms with Gasteiger partial charge in [0, 0.05) is 17.8 Å². The van der Waals surface area contributed by atoms with E-state index in [2.05, 4.69) is 45.3 Å². The van der Waals surface area contributed by atoms with Crippen LogP contribution >= 0.6 is 16.1 Å². The summed E-state index contributed by atoms with van der Waals surface area (Å²) in [6.45, 7) is 6.25. The second-order valence-corrected chi connectivity index (χ2v) is 6.36. The minimum absolute atomic E-state index is 0.354. The highest BCUT2D eigenvalue weighted by Gasteiger charge is 2.19. The summed E-state index contributed by atoms with van der Waals surface area (Å²) < 4.78 is 6.46. The van der Waals surface area contributed by atoms with E-state index < -0.39 is 5.97 Å². The second-order valence-electron chi connectivity index (χ2n) is 5.65. The van der Waals surface area contributed by atoms with Crippen LogP contribution in [0.1, 0.15) is 42.6 Å². The van der Waals surface area contributed by atoms with Gasteiger partial charge in [-0.25, -0.2) is 13.7 Å². The van der Waals surface area contributed by atoms with E-state index in [1.807, 2.05) is 13.0 Å². The van der Waals surface area contributed by atoms with Crippen molar-refractivity contribution in [3.63, 3.8) is 0 Å². The lowest BCUT2D eigenvalue weighted by atomic mass is 10.1. The van der Waals surface area contributed by atoms with Crippen LogP contribution < -0.4 is 9.24 Å². The molecule has 7 heteroatoms. The normalized spacial score (nSPS) is 10.6. The molecule has 1 N–H and O–H groups in total. The van der Waals surface area contributed by atoms with Crippen LogP contribution in [0.4, 0.5) is 17.5 Å². The standard InChI is InChI=1S/C18H23BrN4O2/c1-5-13(6-2)21-16-12(3)11-20-18(22-16)23(19)15-10-8-7-9-14(15)17(24)25-4/h7-11,13H,5-6H2,1-4H3,(H,20,21,22). The van der Waals surface area contributed by atoms with Crippen molar-refractivity contribution in [2.75, 3.05) is 16.4 Å². The molecule has 0 radical (unpaired) electrons. The van der Waals surface area contributed by atoms with Gasteiger partial charge < -0.3 is 10.1 Å². The Labute approximate surface area is 157 Å². The first-order chi connectivity index (χ1) is 12.0. The van der Waals surface area contributed by atoms with Gasteiger partial charge in [0.15, 0.2) is 0 Å². The summed E-state index contributed by atoms with van der Waals surface area (Å²) in [6.07, 6.45) is 3.79. The molecule has 2 aromatic rings. The molecular formula is C18H23BrN4O2. The maximum absolute atomic E-state index is 12.0. The van der Waals surface area contributed by atoms with Crippen molar-refractivity contribution in [2.45, 2.75) is 39.7 Å². The lowest BCUT2D eigenvalue weighted by molar-refractivity contribution is 0.0602. The molecule has 0 aliphatic rings. The number of carbonyl (C=O) groups is 1. The number of carbonyl (C=O) groups excluding carboxylic acids is 1. The topological polar surface area (TPSA) is 67.4 Å². The molecule has 0 fully saturated rings. The Morgan fingerprint density at radius 2 is 2.00 bits per heavy atom. The second kappa shape index (κ2) is 8.80. The number of aromatic nitrogens is 2. The van der Waals surface area contributed by atoms with Crippen molar-refractivity contribution in [1.29, 1.82) is 0 Å². The molecule has 0 saturated carbocycles. The molecular weight excluding hydrogens is 384 g/mol. The van der Waals surface area contributed by atoms with Crippen LogP contribution in [0, 0.1) is 6.92 Å². The fraction of sp³-hybridized carbons (Fsp3) is 0.389. The highest BCUT2D eigenvalue weighted by atomic mass is 79.9. The molecule has 1 aromatic carbocycles. The summed E-state index contributed by atoms with van der Waals surface area (Å²) in [5.41, 5.74) is 2.02. The van der Waals surface area contributed by atoms with E-state index in [4.69, 9.17) is 4.74 Å². The van der Waals surface area contributed by atoms with Crippen LogP contribution in [-0.2, 0) is 4.74 Å². The Kier molecular flexibility index (Phi) is 6.75. The first-order valence-electron chi connectivity index (χ1n) is 8.25. The number of benzene rings is 1. The number of hydrogen-bond donors (Lipinski definition) is 1. The summed E-state index contributed by atoms with van der Waals surface area (Å²) in [5, 5.41) is 3.45. The SMILES string of the molecule is CCC(CC)Nc1nc(N(Br)c2ccccc2C(=O)OC)ncc1C. The number of halogens is 1. The Morgan fingerprint density at radius 1 is 1.32 bits per heavy atom. The van der Waals surface area contributed by atoms with E-state index in [0.29, 0.717) is 23.2 Å². The smallest absolute Gasteiger partial charge is 0.340 e. The van der Waals surface area contributed by atoms with E-state index in [0.717, 1.165) is 24.2 Å². The first kappa shape index (κ1) is 19.2. The van der Waals surface area contributed by atoms with Crippen LogP contribution in [0.5, 0.6) is 0 Å². The summed E-state index contributed by atoms with van der Waals surface area (Å²) in [7, 11) is 1.36. The Hall–Kier alpha value is -2.15. The van der Waals surface area contributed by atoms with Gasteiger partial charge in [0.05, 0.1) is 34.5 Å². The molecule has 0 bridgehead atoms. The molecule has 0 aliphatic carbocycles. The van der Waals surface area contributed by atoms with E-state index in [9.17, 15) is 4.79 Å². The molecule has 6 nitrogen and oxygen atoms in total. The predicted octanol–water partition coefficient (Wildman–Crippen LogP) is 4.62. The number of nitrogens with zero attached hydrogens (tertiary/aromatic N) is 3. The average molecular weight is 407 g/mol. The number of anilines is 3. The van der Waals surface area contributed by atoms with Gasteiger partial charge >= 0.3 is 5.97 Å². The molecule has 0 spiro atoms. The van der Waals surface area contributed by atoms with E-state index >= 15 is 0 Å². The largest absolute Gasteiger partial charge is 0.465 e. The number of esters is 1. The van der Waals surface area contributed by atoms with Crippen molar-refractivity contribution in [3.8, 4) is 0 Å². The molecule has 0 atom stereocenters. The molecule has 0 unspecified atom stereocenters. The van der Waals surface area contributed by atoms with E-state index in [-0.39, 0.29) is 0 Å². The fourth-order valence-corrected chi connectivity index (χ4v) is 2.87. The summed E-state index contributed by atoms with van der Waals surface area (Å²) >= 11 is 3.47. The quantitative estimate of drug-likeness (QED) is 0.534. The molecule has 1 heterocycles. The maximum atomic E-state index is 12.0. The van der Waals surface area contributed by atoms with Gasteiger partial charge in [0.1, 0.15) is 5.82 Å². The molecule has 0 amide bonds. The number of para-hydroxylation sites is 1. The lowest BCUT2D eigenvalue weighted by Gasteiger charge is -2.20. The van der Waals surface area contributed by atoms with Crippen molar-refractivity contribution >= 4 is 39.6 Å². The summed E-state index contributed by atoms with van der Waals surface area (Å²) in [6, 6.07) is 7.48. The van der Waals surface area contributed by atoms with Crippen molar-refractivity contribution in [2.24, 2.45) is 0 Å². The van der Waals surface area contributed by atoms with Crippen molar-refractivity contribution < 1.29 is 9.53 Å². The monoisotopic (exact) mass is 406 g/mol. The summed E-state index contributed by atoms with van der Waals surface area (Å²) in [5.74, 6) is 0.816. The molecule has 25 heavy (non-hydrogen) atoms. The number of hydrogen-bond acceptors (Lipinski definition) is 6. The highest BCUT2D eigenvalue weighted by molar-refractivity contribution is 9.10. The lowest BCUT2D eigenvalue weighted by Crippen LogP contribution is -2.20. The zero-order valence-corrected chi connectivity index (χ0v) is 16.5. The Balaban J connectivity index is 2.37. The van der Waals surface area contributed by atoms with Crippen LogP contribution in [-0.4, -0.2) is 29.1 Å². The minimum atomic E-state index is -0.414. The van der Waals surface area contributed by atoms with Gasteiger partial charge in [-0.2, -0.15) is 4.98 Å². The Bertz CT molecular complexity index is 735. The van der Waals surface area contributed by atoms with Gasteiger partial charge in [0.2, 0.25) is 5.95 Å². The number of methoxy groups -OCH3 is 1. The number of aryl methyl sites for hydroxylation is 1. The van der Waals surface area contributed by atoms with Gasteiger partial charge in [0.25, 0.3) is 0 Å². The van der Waals surface area contributed by atoms with E-state index in [1.165, 1.54) is 7.11 Å². The molecule has 0 aliphatic heterocycles. The highest BCUT2D eigenvalue weighted by Crippen LogP contribution is 2.31. The van der Waals surface area contributed by atoms with E-state index in [1.54, 1.807) is 28.3 Å². The molecule has 2 rings (SSSR count).